The molecule has 1 heterocycles. The van der Waals surface area contributed by atoms with Gasteiger partial charge in [-0.2, -0.15) is 0 Å². The summed E-state index contributed by atoms with van der Waals surface area (Å²) in [5.74, 6) is 0.626. The molecule has 3 nitrogen and oxygen atoms in total. The number of aryl methyl sites for hydroxylation is 1. The molecule has 0 saturated carbocycles. The minimum absolute atomic E-state index is 0.261. The molecule has 103 valence electrons. The summed E-state index contributed by atoms with van der Waals surface area (Å²) in [5, 5.41) is 14.3. The quantitative estimate of drug-likeness (QED) is 0.782. The zero-order chi connectivity index (χ0) is 14.3. The van der Waals surface area contributed by atoms with Crippen LogP contribution in [-0.2, 0) is 5.21 Å². The lowest BCUT2D eigenvalue weighted by molar-refractivity contribution is 0.0534. The number of nitrogens with zero attached hydrogens (tertiary/aromatic N) is 1. The first-order valence-corrected chi connectivity index (χ1v) is 6.94. The van der Waals surface area contributed by atoms with E-state index in [4.69, 9.17) is 16.3 Å². The van der Waals surface area contributed by atoms with Crippen LogP contribution in [0.2, 0.25) is 5.02 Å². The molecule has 2 aromatic rings. The Morgan fingerprint density at radius 2 is 1.95 bits per heavy atom. The first kappa shape index (κ1) is 13.3. The number of fused-ring (bicyclic) bond motifs is 1. The van der Waals surface area contributed by atoms with Crippen molar-refractivity contribution < 1.29 is 9.94 Å². The normalized spacial score (nSPS) is 21.3. The van der Waals surface area contributed by atoms with Crippen molar-refractivity contribution in [3.63, 3.8) is 0 Å². The van der Waals surface area contributed by atoms with E-state index in [1.165, 1.54) is 0 Å². The van der Waals surface area contributed by atoms with Crippen molar-refractivity contribution in [2.24, 2.45) is 0 Å². The Hall–Kier alpha value is -1.71. The molecule has 3 rings (SSSR count). The van der Waals surface area contributed by atoms with Crippen molar-refractivity contribution in [2.75, 3.05) is 5.06 Å². The summed E-state index contributed by atoms with van der Waals surface area (Å²) in [5.41, 5.74) is 2.39. The molecule has 0 aliphatic carbocycles. The Morgan fingerprint density at radius 1 is 1.20 bits per heavy atom. The molecule has 0 fully saturated rings. The Morgan fingerprint density at radius 3 is 2.70 bits per heavy atom. The van der Waals surface area contributed by atoms with E-state index in [0.29, 0.717) is 16.5 Å². The van der Waals surface area contributed by atoms with E-state index in [9.17, 15) is 5.21 Å². The summed E-state index contributed by atoms with van der Waals surface area (Å²) in [6.45, 7) is 3.85. The van der Waals surface area contributed by atoms with Crippen LogP contribution in [0.3, 0.4) is 0 Å². The highest BCUT2D eigenvalue weighted by Crippen LogP contribution is 2.43. The molecule has 20 heavy (non-hydrogen) atoms. The van der Waals surface area contributed by atoms with Gasteiger partial charge in [-0.3, -0.25) is 0 Å². The molecule has 0 bridgehead atoms. The predicted molar refractivity (Wildman–Crippen MR) is 78.6 cm³/mol. The molecule has 1 aliphatic rings. The maximum absolute atomic E-state index is 12.7. The fourth-order valence-corrected chi connectivity index (χ4v) is 2.85. The van der Waals surface area contributed by atoms with Gasteiger partial charge in [0.25, 0.3) is 0 Å². The smallest absolute Gasteiger partial charge is 0.145 e. The monoisotopic (exact) mass is 288 g/mol. The molecule has 1 aliphatic heterocycles. The highest BCUT2D eigenvalue weighted by molar-refractivity contribution is 6.31. The zero-order valence-corrected chi connectivity index (χ0v) is 12.1. The molecule has 2 aromatic carbocycles. The first-order valence-electron chi connectivity index (χ1n) is 6.56. The Labute approximate surface area is 123 Å². The average Bonchev–Trinajstić information content (AvgIpc) is 2.42. The second kappa shape index (κ2) is 5.00. The number of anilines is 1. The van der Waals surface area contributed by atoms with E-state index in [1.807, 2.05) is 50.2 Å². The van der Waals surface area contributed by atoms with Gasteiger partial charge in [-0.1, -0.05) is 41.1 Å². The molecule has 2 unspecified atom stereocenters. The second-order valence-electron chi connectivity index (χ2n) is 5.09. The average molecular weight is 289 g/mol. The summed E-state index contributed by atoms with van der Waals surface area (Å²) in [6, 6.07) is 12.6. The van der Waals surface area contributed by atoms with Gasteiger partial charge in [-0.05, 0) is 43.2 Å². The lowest BCUT2D eigenvalue weighted by Crippen LogP contribution is -2.39. The third kappa shape index (κ3) is 2.13. The van der Waals surface area contributed by atoms with Crippen molar-refractivity contribution in [1.82, 2.24) is 0 Å². The summed E-state index contributed by atoms with van der Waals surface area (Å²) in [6.07, 6.45) is -0.261. The van der Waals surface area contributed by atoms with Gasteiger partial charge in [0.05, 0.1) is 0 Å². The van der Waals surface area contributed by atoms with E-state index >= 15 is 0 Å². The number of hydrogen-bond acceptors (Lipinski definition) is 2. The third-order valence-corrected chi connectivity index (χ3v) is 3.93. The van der Waals surface area contributed by atoms with Gasteiger partial charge in [0.15, 0.2) is 0 Å². The summed E-state index contributed by atoms with van der Waals surface area (Å²) < 4.78 is 5.88. The fraction of sp³-hybridized carbons (Fsp3) is 0.250. The van der Waals surface area contributed by atoms with Crippen molar-refractivity contribution in [3.05, 3.63) is 58.6 Å². The summed E-state index contributed by atoms with van der Waals surface area (Å²) in [4.78, 5) is 0. The Balaban J connectivity index is 2.08. The molecule has 2 atom stereocenters. The molecular formula is C16H15ClNO2. The van der Waals surface area contributed by atoms with E-state index in [0.717, 1.165) is 16.2 Å². The van der Waals surface area contributed by atoms with Gasteiger partial charge < -0.3 is 4.74 Å². The summed E-state index contributed by atoms with van der Waals surface area (Å²) in [7, 11) is 0. The number of rotatable bonds is 1. The number of ether oxygens (including phenoxy) is 1. The topological polar surface area (TPSA) is 32.4 Å². The maximum atomic E-state index is 12.7. The summed E-state index contributed by atoms with van der Waals surface area (Å²) >= 11 is 6.23. The number of hydroxylamine groups is 1. The molecule has 0 spiro atoms. The van der Waals surface area contributed by atoms with E-state index < -0.39 is 6.04 Å². The number of benzene rings is 2. The molecule has 0 N–H and O–H groups in total. The number of hydrogen-bond donors (Lipinski definition) is 0. The van der Waals surface area contributed by atoms with Crippen molar-refractivity contribution in [1.29, 1.82) is 0 Å². The minimum atomic E-state index is -0.432. The van der Waals surface area contributed by atoms with Gasteiger partial charge in [0, 0.05) is 5.02 Å². The van der Waals surface area contributed by atoms with Crippen LogP contribution in [0.1, 0.15) is 24.1 Å². The zero-order valence-electron chi connectivity index (χ0n) is 11.3. The van der Waals surface area contributed by atoms with E-state index in [-0.39, 0.29) is 6.10 Å². The molecule has 1 radical (unpaired) electrons. The highest BCUT2D eigenvalue weighted by atomic mass is 35.5. The van der Waals surface area contributed by atoms with E-state index in [2.05, 4.69) is 0 Å². The minimum Gasteiger partial charge on any atom is -0.486 e. The SMILES string of the molecule is Cc1ccc2c(c1)N([O])C(c1ccccc1Cl)C(C)O2. The van der Waals surface area contributed by atoms with Crippen LogP contribution < -0.4 is 9.80 Å². The van der Waals surface area contributed by atoms with Crippen molar-refractivity contribution in [3.8, 4) is 5.75 Å². The van der Waals surface area contributed by atoms with Crippen LogP contribution in [0.4, 0.5) is 5.69 Å². The van der Waals surface area contributed by atoms with Gasteiger partial charge >= 0.3 is 0 Å². The molecule has 0 amide bonds. The van der Waals surface area contributed by atoms with Crippen LogP contribution >= 0.6 is 11.6 Å². The van der Waals surface area contributed by atoms with Crippen LogP contribution in [0, 0.1) is 6.92 Å². The van der Waals surface area contributed by atoms with Gasteiger partial charge in [-0.15, -0.1) is 0 Å². The molecule has 4 heteroatoms. The molecule has 0 aromatic heterocycles. The second-order valence-corrected chi connectivity index (χ2v) is 5.49. The van der Waals surface area contributed by atoms with Gasteiger partial charge in [-0.25, -0.2) is 5.06 Å². The van der Waals surface area contributed by atoms with Crippen LogP contribution in [-0.4, -0.2) is 6.10 Å². The Bertz CT molecular complexity index is 644. The molecular weight excluding hydrogens is 274 g/mol. The fourth-order valence-electron chi connectivity index (χ4n) is 2.60. The number of halogens is 1. The largest absolute Gasteiger partial charge is 0.486 e. The third-order valence-electron chi connectivity index (χ3n) is 3.59. The lowest BCUT2D eigenvalue weighted by atomic mass is 9.99. The van der Waals surface area contributed by atoms with Crippen LogP contribution in [0.15, 0.2) is 42.5 Å². The predicted octanol–water partition coefficient (Wildman–Crippen LogP) is 4.32. The highest BCUT2D eigenvalue weighted by Gasteiger charge is 2.36. The standard InChI is InChI=1S/C16H15ClNO2/c1-10-7-8-15-14(9-10)18(19)16(11(2)20-15)12-5-3-4-6-13(12)17/h3-9,11,16H,1-2H3. The van der Waals surface area contributed by atoms with Crippen LogP contribution in [0.25, 0.3) is 0 Å². The molecule has 0 saturated heterocycles. The lowest BCUT2D eigenvalue weighted by Gasteiger charge is -2.37. The first-order chi connectivity index (χ1) is 9.58. The maximum Gasteiger partial charge on any atom is 0.145 e. The Kier molecular flexibility index (Phi) is 3.32. The van der Waals surface area contributed by atoms with Gasteiger partial charge in [0.1, 0.15) is 23.6 Å². The van der Waals surface area contributed by atoms with E-state index in [1.54, 1.807) is 6.07 Å². The van der Waals surface area contributed by atoms with Crippen LogP contribution in [0.5, 0.6) is 5.75 Å². The van der Waals surface area contributed by atoms with Crippen molar-refractivity contribution >= 4 is 17.3 Å². The van der Waals surface area contributed by atoms with Gasteiger partial charge in [0.2, 0.25) is 0 Å². The van der Waals surface area contributed by atoms with Crippen molar-refractivity contribution in [2.45, 2.75) is 26.0 Å².